The molecule has 0 radical (unpaired) electrons. The SMILES string of the molecule is CC/C=C\C/C=C\C/C=C\C/C=C\CCCCCCCCC(=O)OC(COC(=O)CCCCCCC/C=C\C/C=C\CCC)COP(=O)(O)OCC(CO)OC(=O)CCCCCCCCCCCCCCCCC. The van der Waals surface area contributed by atoms with Crippen LogP contribution in [0.1, 0.15) is 265 Å². The van der Waals surface area contributed by atoms with Crippen LogP contribution >= 0.6 is 7.82 Å². The molecule has 0 saturated heterocycles. The predicted octanol–water partition coefficient (Wildman–Crippen LogP) is 17.7. The molecular formula is C62H109O11P. The Morgan fingerprint density at radius 1 is 0.392 bits per heavy atom. The third-order valence-corrected chi connectivity index (χ3v) is 13.5. The second-order valence-corrected chi connectivity index (χ2v) is 21.2. The summed E-state index contributed by atoms with van der Waals surface area (Å²) >= 11 is 0. The first-order valence-electron chi connectivity index (χ1n) is 29.8. The van der Waals surface area contributed by atoms with Gasteiger partial charge in [-0.1, -0.05) is 235 Å². The molecule has 12 heteroatoms. The van der Waals surface area contributed by atoms with Gasteiger partial charge < -0.3 is 24.2 Å². The number of rotatable bonds is 55. The highest BCUT2D eigenvalue weighted by molar-refractivity contribution is 7.47. The van der Waals surface area contributed by atoms with Crippen LogP contribution in [-0.2, 0) is 42.2 Å². The van der Waals surface area contributed by atoms with E-state index < -0.39 is 57.8 Å². The first-order chi connectivity index (χ1) is 36.2. The van der Waals surface area contributed by atoms with Gasteiger partial charge in [0.1, 0.15) is 12.7 Å². The maximum absolute atomic E-state index is 12.9. The minimum atomic E-state index is -4.76. The van der Waals surface area contributed by atoms with Crippen LogP contribution in [-0.4, -0.2) is 66.5 Å². The number of phosphoric acid groups is 1. The molecule has 0 aromatic heterocycles. The molecule has 3 unspecified atom stereocenters. The smallest absolute Gasteiger partial charge is 0.462 e. The Morgan fingerprint density at radius 2 is 0.730 bits per heavy atom. The van der Waals surface area contributed by atoms with Crippen LogP contribution in [0.2, 0.25) is 0 Å². The lowest BCUT2D eigenvalue weighted by atomic mass is 10.0. The van der Waals surface area contributed by atoms with Crippen molar-refractivity contribution >= 4 is 25.7 Å². The first kappa shape index (κ1) is 70.9. The van der Waals surface area contributed by atoms with Crippen LogP contribution in [0.25, 0.3) is 0 Å². The quantitative estimate of drug-likeness (QED) is 0.0197. The zero-order chi connectivity index (χ0) is 54.1. The number of hydrogen-bond donors (Lipinski definition) is 2. The average molecular weight is 1060 g/mol. The Morgan fingerprint density at radius 3 is 1.14 bits per heavy atom. The Kier molecular flexibility index (Phi) is 53.8. The van der Waals surface area contributed by atoms with Crippen LogP contribution in [0.15, 0.2) is 72.9 Å². The summed E-state index contributed by atoms with van der Waals surface area (Å²) in [7, 11) is -4.76. The number of phosphoric ester groups is 1. The van der Waals surface area contributed by atoms with Crippen molar-refractivity contribution in [2.24, 2.45) is 0 Å². The van der Waals surface area contributed by atoms with E-state index in [0.29, 0.717) is 19.3 Å². The number of aliphatic hydroxyl groups is 1. The maximum atomic E-state index is 12.9. The van der Waals surface area contributed by atoms with Crippen molar-refractivity contribution in [3.8, 4) is 0 Å². The average Bonchev–Trinajstić information content (AvgIpc) is 3.39. The predicted molar refractivity (Wildman–Crippen MR) is 307 cm³/mol. The number of hydrogen-bond acceptors (Lipinski definition) is 10. The molecular weight excluding hydrogens is 952 g/mol. The lowest BCUT2D eigenvalue weighted by molar-refractivity contribution is -0.161. The molecule has 0 rings (SSSR count). The van der Waals surface area contributed by atoms with Gasteiger partial charge in [0, 0.05) is 19.3 Å². The third-order valence-electron chi connectivity index (χ3n) is 12.6. The van der Waals surface area contributed by atoms with Crippen molar-refractivity contribution in [2.45, 2.75) is 277 Å². The first-order valence-corrected chi connectivity index (χ1v) is 31.3. The van der Waals surface area contributed by atoms with Crippen LogP contribution in [0.5, 0.6) is 0 Å². The van der Waals surface area contributed by atoms with E-state index in [1.807, 2.05) is 0 Å². The van der Waals surface area contributed by atoms with Crippen molar-refractivity contribution in [2.75, 3.05) is 26.4 Å². The van der Waals surface area contributed by atoms with Crippen LogP contribution in [0.4, 0.5) is 0 Å². The van der Waals surface area contributed by atoms with E-state index in [4.69, 9.17) is 23.3 Å². The largest absolute Gasteiger partial charge is 0.472 e. The lowest BCUT2D eigenvalue weighted by Crippen LogP contribution is -2.30. The standard InChI is InChI=1S/C62H109O11P/c1-4-7-10-13-16-19-22-25-27-28-29-30-32-35-38-41-44-47-50-53-62(66)73-59(55-69-60(64)51-48-45-42-39-36-33-24-21-18-15-12-9-6-3)57-71-74(67,68)70-56-58(54-63)72-61(65)52-49-46-43-40-37-34-31-26-23-20-17-14-11-8-5-2/h7,10,12,15-16,19,21,24-25,27,29-30,58-59,63H,4-6,8-9,11,13-14,17-18,20,22-23,26,28,31-57H2,1-3H3,(H,67,68)/b10-7-,15-12-,19-16-,24-21-,27-25-,30-29-. The van der Waals surface area contributed by atoms with Gasteiger partial charge >= 0.3 is 25.7 Å². The van der Waals surface area contributed by atoms with Gasteiger partial charge in [-0.05, 0) is 83.5 Å². The Bertz CT molecular complexity index is 1520. The summed E-state index contributed by atoms with van der Waals surface area (Å²) in [5, 5.41) is 9.82. The molecule has 0 aliphatic rings. The molecule has 0 spiro atoms. The van der Waals surface area contributed by atoms with E-state index in [1.165, 1.54) is 77.0 Å². The molecule has 0 aliphatic carbocycles. The van der Waals surface area contributed by atoms with Crippen LogP contribution in [0, 0.1) is 0 Å². The fourth-order valence-corrected chi connectivity index (χ4v) is 8.88. The van der Waals surface area contributed by atoms with Gasteiger partial charge in [-0.25, -0.2) is 4.57 Å². The van der Waals surface area contributed by atoms with Gasteiger partial charge in [0.25, 0.3) is 0 Å². The van der Waals surface area contributed by atoms with E-state index in [0.717, 1.165) is 128 Å². The Labute approximate surface area is 452 Å². The van der Waals surface area contributed by atoms with Crippen LogP contribution in [0.3, 0.4) is 0 Å². The summed E-state index contributed by atoms with van der Waals surface area (Å²) in [4.78, 5) is 48.6. The van der Waals surface area contributed by atoms with Crippen molar-refractivity contribution < 1.29 is 52.2 Å². The summed E-state index contributed by atoms with van der Waals surface area (Å²) in [6.45, 7) is 4.46. The van der Waals surface area contributed by atoms with Crippen molar-refractivity contribution in [3.63, 3.8) is 0 Å². The molecule has 0 bridgehead atoms. The third kappa shape index (κ3) is 53.7. The van der Waals surface area contributed by atoms with Crippen molar-refractivity contribution in [3.05, 3.63) is 72.9 Å². The number of aliphatic hydroxyl groups excluding tert-OH is 1. The zero-order valence-corrected chi connectivity index (χ0v) is 48.2. The van der Waals surface area contributed by atoms with Crippen molar-refractivity contribution in [1.82, 2.24) is 0 Å². The number of carbonyl (C=O) groups is 3. The molecule has 0 fully saturated rings. The molecule has 11 nitrogen and oxygen atoms in total. The summed E-state index contributed by atoms with van der Waals surface area (Å²) in [5.74, 6) is -1.49. The normalized spacial score (nSPS) is 13.9. The zero-order valence-electron chi connectivity index (χ0n) is 47.3. The second-order valence-electron chi connectivity index (χ2n) is 19.8. The molecule has 74 heavy (non-hydrogen) atoms. The number of allylic oxidation sites excluding steroid dienone is 12. The molecule has 2 N–H and O–H groups in total. The Hall–Kier alpha value is -3.08. The molecule has 0 amide bonds. The van der Waals surface area contributed by atoms with Gasteiger partial charge in [-0.15, -0.1) is 0 Å². The van der Waals surface area contributed by atoms with Gasteiger partial charge in [-0.2, -0.15) is 0 Å². The second kappa shape index (κ2) is 56.1. The number of carbonyl (C=O) groups excluding carboxylic acids is 3. The topological polar surface area (TPSA) is 155 Å². The van der Waals surface area contributed by atoms with E-state index in [1.54, 1.807) is 0 Å². The minimum Gasteiger partial charge on any atom is -0.462 e. The Balaban J connectivity index is 4.72. The maximum Gasteiger partial charge on any atom is 0.472 e. The lowest BCUT2D eigenvalue weighted by Gasteiger charge is -2.21. The van der Waals surface area contributed by atoms with Gasteiger partial charge in [0.2, 0.25) is 0 Å². The van der Waals surface area contributed by atoms with Gasteiger partial charge in [0.15, 0.2) is 6.10 Å². The number of esters is 3. The highest BCUT2D eigenvalue weighted by Crippen LogP contribution is 2.43. The van der Waals surface area contributed by atoms with E-state index in [-0.39, 0.29) is 25.9 Å². The molecule has 428 valence electrons. The molecule has 0 aromatic carbocycles. The molecule has 0 heterocycles. The van der Waals surface area contributed by atoms with Gasteiger partial charge in [0.05, 0.1) is 19.8 Å². The van der Waals surface area contributed by atoms with Crippen LogP contribution < -0.4 is 0 Å². The highest BCUT2D eigenvalue weighted by Gasteiger charge is 2.28. The molecule has 0 aromatic rings. The highest BCUT2D eigenvalue weighted by atomic mass is 31.2. The van der Waals surface area contributed by atoms with Gasteiger partial charge in [-0.3, -0.25) is 23.4 Å². The van der Waals surface area contributed by atoms with E-state index >= 15 is 0 Å². The summed E-state index contributed by atoms with van der Waals surface area (Å²) in [5.41, 5.74) is 0. The summed E-state index contributed by atoms with van der Waals surface area (Å²) in [6.07, 6.45) is 62.8. The monoisotopic (exact) mass is 1060 g/mol. The fourth-order valence-electron chi connectivity index (χ4n) is 8.09. The molecule has 3 atom stereocenters. The van der Waals surface area contributed by atoms with Crippen molar-refractivity contribution in [1.29, 1.82) is 0 Å². The number of unbranched alkanes of at least 4 members (excludes halogenated alkanes) is 26. The minimum absolute atomic E-state index is 0.147. The molecule has 0 aliphatic heterocycles. The van der Waals surface area contributed by atoms with E-state index in [2.05, 4.69) is 93.7 Å². The summed E-state index contributed by atoms with van der Waals surface area (Å²) < 4.78 is 39.5. The summed E-state index contributed by atoms with van der Waals surface area (Å²) in [6, 6.07) is 0. The fraction of sp³-hybridized carbons (Fsp3) is 0.758. The number of ether oxygens (including phenoxy) is 3. The van der Waals surface area contributed by atoms with E-state index in [9.17, 15) is 28.9 Å². The molecule has 0 saturated carbocycles.